The third kappa shape index (κ3) is 2.57. The Morgan fingerprint density at radius 2 is 2.13 bits per heavy atom. The minimum Gasteiger partial charge on any atom is -0.335 e. The molecule has 1 saturated heterocycles. The summed E-state index contributed by atoms with van der Waals surface area (Å²) in [6, 6.07) is 10.7. The van der Waals surface area contributed by atoms with Crippen LogP contribution in [0.15, 0.2) is 30.3 Å². The molecule has 1 aromatic rings. The first-order valence-electron chi connectivity index (χ1n) is 5.41. The first-order chi connectivity index (χ1) is 7.25. The molecule has 0 radical (unpaired) electrons. The van der Waals surface area contributed by atoms with Gasteiger partial charge in [-0.15, -0.1) is 0 Å². The van der Waals surface area contributed by atoms with Gasteiger partial charge in [0.1, 0.15) is 6.04 Å². The molecule has 3 heteroatoms. The Labute approximate surface area is 90.1 Å². The van der Waals surface area contributed by atoms with Crippen LogP contribution in [0.1, 0.15) is 12.5 Å². The van der Waals surface area contributed by atoms with Gasteiger partial charge in [0, 0.05) is 6.54 Å². The molecule has 2 N–H and O–H groups in total. The number of piperazine rings is 1. The van der Waals surface area contributed by atoms with E-state index in [1.165, 1.54) is 5.56 Å². The van der Waals surface area contributed by atoms with Crippen LogP contribution in [0, 0.1) is 0 Å². The number of quaternary nitrogens is 1. The summed E-state index contributed by atoms with van der Waals surface area (Å²) in [7, 11) is 0. The quantitative estimate of drug-likeness (QED) is 0.724. The average Bonchev–Trinajstić information content (AvgIpc) is 2.25. The van der Waals surface area contributed by atoms with Crippen molar-refractivity contribution in [3.05, 3.63) is 35.9 Å². The maximum Gasteiger partial charge on any atom is 0.278 e. The van der Waals surface area contributed by atoms with Crippen molar-refractivity contribution in [1.29, 1.82) is 0 Å². The Hall–Kier alpha value is -1.35. The van der Waals surface area contributed by atoms with Crippen LogP contribution >= 0.6 is 0 Å². The minimum absolute atomic E-state index is 0.247. The Morgan fingerprint density at radius 1 is 1.40 bits per heavy atom. The first kappa shape index (κ1) is 10.2. The smallest absolute Gasteiger partial charge is 0.278 e. The third-order valence-electron chi connectivity index (χ3n) is 2.77. The van der Waals surface area contributed by atoms with Gasteiger partial charge in [0.15, 0.2) is 6.54 Å². The van der Waals surface area contributed by atoms with Crippen molar-refractivity contribution in [2.24, 2.45) is 0 Å². The van der Waals surface area contributed by atoms with Crippen LogP contribution in [0.2, 0.25) is 0 Å². The van der Waals surface area contributed by atoms with Crippen molar-refractivity contribution in [2.45, 2.75) is 19.5 Å². The molecule has 0 aliphatic carbocycles. The standard InChI is InChI=1S/C12H16N2O/c1-10-8-14(12(15)7-13-10)9-11-5-3-2-4-6-11/h2-6,10,13H,7-9H2,1H3/p+1/t10-/m1/s1. The van der Waals surface area contributed by atoms with Crippen molar-refractivity contribution < 1.29 is 10.1 Å². The van der Waals surface area contributed by atoms with Gasteiger partial charge in [-0.05, 0) is 12.5 Å². The molecule has 1 aliphatic rings. The van der Waals surface area contributed by atoms with E-state index in [2.05, 4.69) is 24.4 Å². The van der Waals surface area contributed by atoms with Gasteiger partial charge in [0.25, 0.3) is 5.91 Å². The number of hydrogen-bond acceptors (Lipinski definition) is 1. The number of amides is 1. The molecule has 2 rings (SSSR count). The second kappa shape index (κ2) is 4.45. The van der Waals surface area contributed by atoms with Crippen LogP contribution in [0.5, 0.6) is 0 Å². The second-order valence-corrected chi connectivity index (χ2v) is 4.18. The van der Waals surface area contributed by atoms with Crippen LogP contribution in [-0.2, 0) is 11.3 Å². The molecule has 1 aromatic carbocycles. The van der Waals surface area contributed by atoms with Crippen molar-refractivity contribution in [3.63, 3.8) is 0 Å². The molecule has 0 saturated carbocycles. The molecule has 0 bridgehead atoms. The number of benzene rings is 1. The predicted octanol–water partition coefficient (Wildman–Crippen LogP) is -0.0193. The zero-order valence-corrected chi connectivity index (χ0v) is 9.02. The summed E-state index contributed by atoms with van der Waals surface area (Å²) in [4.78, 5) is 13.6. The van der Waals surface area contributed by atoms with Crippen LogP contribution < -0.4 is 5.32 Å². The van der Waals surface area contributed by atoms with E-state index in [1.54, 1.807) is 0 Å². The molecular formula is C12H17N2O+. The van der Waals surface area contributed by atoms with Gasteiger partial charge in [-0.1, -0.05) is 30.3 Å². The zero-order valence-electron chi connectivity index (χ0n) is 9.02. The van der Waals surface area contributed by atoms with E-state index in [9.17, 15) is 4.79 Å². The summed E-state index contributed by atoms with van der Waals surface area (Å²) in [6.07, 6.45) is 0. The monoisotopic (exact) mass is 205 g/mol. The van der Waals surface area contributed by atoms with Crippen molar-refractivity contribution >= 4 is 5.91 Å². The molecule has 15 heavy (non-hydrogen) atoms. The molecule has 1 atom stereocenters. The summed E-state index contributed by atoms with van der Waals surface area (Å²) in [5, 5.41) is 2.10. The first-order valence-corrected chi connectivity index (χ1v) is 5.41. The van der Waals surface area contributed by atoms with E-state index in [4.69, 9.17) is 0 Å². The highest BCUT2D eigenvalue weighted by atomic mass is 16.2. The second-order valence-electron chi connectivity index (χ2n) is 4.18. The Kier molecular flexibility index (Phi) is 3.02. The molecule has 1 amide bonds. The summed E-state index contributed by atoms with van der Waals surface area (Å²) >= 11 is 0. The molecule has 0 spiro atoms. The third-order valence-corrected chi connectivity index (χ3v) is 2.77. The number of hydrogen-bond donors (Lipinski definition) is 1. The lowest BCUT2D eigenvalue weighted by atomic mass is 10.1. The summed E-state index contributed by atoms with van der Waals surface area (Å²) in [6.45, 7) is 4.35. The average molecular weight is 205 g/mol. The van der Waals surface area contributed by atoms with E-state index in [-0.39, 0.29) is 5.91 Å². The van der Waals surface area contributed by atoms with Crippen LogP contribution in [0.4, 0.5) is 0 Å². The SMILES string of the molecule is C[C@@H]1CN(Cc2ccccc2)C(=O)C[NH2+]1. The van der Waals surface area contributed by atoms with Gasteiger partial charge in [0.05, 0.1) is 6.54 Å². The summed E-state index contributed by atoms with van der Waals surface area (Å²) in [5.41, 5.74) is 1.21. The van der Waals surface area contributed by atoms with E-state index >= 15 is 0 Å². The van der Waals surface area contributed by atoms with Gasteiger partial charge in [-0.25, -0.2) is 0 Å². The van der Waals surface area contributed by atoms with Gasteiger partial charge in [-0.2, -0.15) is 0 Å². The lowest BCUT2D eigenvalue weighted by Crippen LogP contribution is -2.95. The van der Waals surface area contributed by atoms with E-state index in [1.807, 2.05) is 23.1 Å². The molecule has 0 aromatic heterocycles. The number of nitrogens with two attached hydrogens (primary N) is 1. The molecular weight excluding hydrogens is 188 g/mol. The lowest BCUT2D eigenvalue weighted by molar-refractivity contribution is -0.682. The minimum atomic E-state index is 0.247. The van der Waals surface area contributed by atoms with Crippen molar-refractivity contribution in [1.82, 2.24) is 4.90 Å². The van der Waals surface area contributed by atoms with Gasteiger partial charge in [-0.3, -0.25) is 4.79 Å². The maximum absolute atomic E-state index is 11.6. The number of rotatable bonds is 2. The molecule has 1 heterocycles. The van der Waals surface area contributed by atoms with Crippen LogP contribution in [0.25, 0.3) is 0 Å². The predicted molar refractivity (Wildman–Crippen MR) is 58.1 cm³/mol. The molecule has 3 nitrogen and oxygen atoms in total. The zero-order chi connectivity index (χ0) is 10.7. The lowest BCUT2D eigenvalue weighted by Gasteiger charge is -2.29. The van der Waals surface area contributed by atoms with Crippen LogP contribution in [-0.4, -0.2) is 29.9 Å². The molecule has 1 aliphatic heterocycles. The number of nitrogens with zero attached hydrogens (tertiary/aromatic N) is 1. The van der Waals surface area contributed by atoms with Crippen LogP contribution in [0.3, 0.4) is 0 Å². The summed E-state index contributed by atoms with van der Waals surface area (Å²) in [5.74, 6) is 0.247. The highest BCUT2D eigenvalue weighted by molar-refractivity contribution is 5.77. The van der Waals surface area contributed by atoms with Crippen molar-refractivity contribution in [3.8, 4) is 0 Å². The highest BCUT2D eigenvalue weighted by Gasteiger charge is 2.25. The number of carbonyl (C=O) groups excluding carboxylic acids is 1. The van der Waals surface area contributed by atoms with E-state index in [0.717, 1.165) is 13.1 Å². The Morgan fingerprint density at radius 3 is 2.87 bits per heavy atom. The highest BCUT2D eigenvalue weighted by Crippen LogP contribution is 2.05. The molecule has 0 unspecified atom stereocenters. The fourth-order valence-electron chi connectivity index (χ4n) is 1.91. The maximum atomic E-state index is 11.6. The fourth-order valence-corrected chi connectivity index (χ4v) is 1.91. The van der Waals surface area contributed by atoms with Gasteiger partial charge in [0.2, 0.25) is 0 Å². The van der Waals surface area contributed by atoms with E-state index in [0.29, 0.717) is 12.6 Å². The molecule has 1 fully saturated rings. The topological polar surface area (TPSA) is 36.9 Å². The van der Waals surface area contributed by atoms with E-state index < -0.39 is 0 Å². The molecule has 80 valence electrons. The largest absolute Gasteiger partial charge is 0.335 e. The van der Waals surface area contributed by atoms with Crippen molar-refractivity contribution in [2.75, 3.05) is 13.1 Å². The Balaban J connectivity index is 2.01. The Bertz CT molecular complexity index is 337. The normalized spacial score (nSPS) is 21.8. The van der Waals surface area contributed by atoms with Gasteiger partial charge >= 0.3 is 0 Å². The fraction of sp³-hybridized carbons (Fsp3) is 0.417. The number of carbonyl (C=O) groups is 1. The van der Waals surface area contributed by atoms with Gasteiger partial charge < -0.3 is 10.2 Å². The summed E-state index contributed by atoms with van der Waals surface area (Å²) < 4.78 is 0.